The lowest BCUT2D eigenvalue weighted by Crippen LogP contribution is -2.48. The fraction of sp³-hybridized carbons (Fsp3) is 0.227. The van der Waals surface area contributed by atoms with Crippen molar-refractivity contribution in [1.82, 2.24) is 9.78 Å². The third-order valence-electron chi connectivity index (χ3n) is 5.27. The minimum absolute atomic E-state index is 0.0375. The SMILES string of the molecule is CCN1C(=O)C(O)C(=O)c2cc(-c3cnn(Cc4ccc(C(F)(F)F)c(F)c4)c3)ccc21. The number of alkyl halides is 3. The van der Waals surface area contributed by atoms with Crippen LogP contribution in [0.4, 0.5) is 23.2 Å². The van der Waals surface area contributed by atoms with Crippen LogP contribution in [0.1, 0.15) is 28.4 Å². The maximum atomic E-state index is 13.8. The second kappa shape index (κ2) is 7.86. The fourth-order valence-electron chi connectivity index (χ4n) is 3.67. The van der Waals surface area contributed by atoms with Crippen LogP contribution in [-0.2, 0) is 17.5 Å². The Bertz CT molecular complexity index is 1220. The maximum absolute atomic E-state index is 13.8. The van der Waals surface area contributed by atoms with Gasteiger partial charge in [0.25, 0.3) is 5.91 Å². The van der Waals surface area contributed by atoms with Crippen molar-refractivity contribution in [1.29, 1.82) is 0 Å². The number of halogens is 4. The topological polar surface area (TPSA) is 75.4 Å². The first kappa shape index (κ1) is 21.7. The van der Waals surface area contributed by atoms with E-state index in [1.165, 1.54) is 21.8 Å². The number of ketones is 1. The van der Waals surface area contributed by atoms with E-state index in [-0.39, 0.29) is 18.7 Å². The van der Waals surface area contributed by atoms with E-state index < -0.39 is 35.4 Å². The monoisotopic (exact) mass is 447 g/mol. The van der Waals surface area contributed by atoms with Crippen molar-refractivity contribution in [3.63, 3.8) is 0 Å². The van der Waals surface area contributed by atoms with Crippen molar-refractivity contribution in [2.75, 3.05) is 11.4 Å². The highest BCUT2D eigenvalue weighted by molar-refractivity contribution is 6.24. The third-order valence-corrected chi connectivity index (χ3v) is 5.27. The number of fused-ring (bicyclic) bond motifs is 1. The molecule has 0 saturated carbocycles. The molecule has 0 saturated heterocycles. The van der Waals surface area contributed by atoms with Crippen LogP contribution in [0.15, 0.2) is 48.8 Å². The quantitative estimate of drug-likeness (QED) is 0.489. The van der Waals surface area contributed by atoms with Crippen molar-refractivity contribution in [3.05, 3.63) is 71.3 Å². The van der Waals surface area contributed by atoms with Crippen LogP contribution in [0.3, 0.4) is 0 Å². The number of aliphatic hydroxyl groups is 1. The van der Waals surface area contributed by atoms with Gasteiger partial charge in [0, 0.05) is 23.9 Å². The molecule has 2 aromatic carbocycles. The smallest absolute Gasteiger partial charge is 0.376 e. The summed E-state index contributed by atoms with van der Waals surface area (Å²) in [7, 11) is 0. The number of aliphatic hydroxyl groups excluding tert-OH is 1. The maximum Gasteiger partial charge on any atom is 0.419 e. The summed E-state index contributed by atoms with van der Waals surface area (Å²) in [6.45, 7) is 2.05. The van der Waals surface area contributed by atoms with Gasteiger partial charge in [0.2, 0.25) is 5.78 Å². The van der Waals surface area contributed by atoms with E-state index in [0.717, 1.165) is 6.07 Å². The first-order chi connectivity index (χ1) is 15.1. The zero-order valence-corrected chi connectivity index (χ0v) is 16.7. The standard InChI is InChI=1S/C22H17F4N3O3/c1-2-29-18-6-4-13(8-15(18)19(30)20(31)21(29)32)14-9-27-28(11-14)10-12-3-5-16(17(23)7-12)22(24,25)26/h3-9,11,20,31H,2,10H2,1H3. The zero-order valence-electron chi connectivity index (χ0n) is 16.7. The molecule has 0 spiro atoms. The second-order valence-corrected chi connectivity index (χ2v) is 7.32. The minimum Gasteiger partial charge on any atom is -0.376 e. The van der Waals surface area contributed by atoms with Crippen LogP contribution in [0.5, 0.6) is 0 Å². The van der Waals surface area contributed by atoms with Crippen molar-refractivity contribution >= 4 is 17.4 Å². The van der Waals surface area contributed by atoms with E-state index in [9.17, 15) is 32.3 Å². The Balaban J connectivity index is 1.60. The summed E-state index contributed by atoms with van der Waals surface area (Å²) in [5.74, 6) is -2.72. The molecule has 2 heterocycles. The molecular formula is C22H17F4N3O3. The van der Waals surface area contributed by atoms with E-state index >= 15 is 0 Å². The van der Waals surface area contributed by atoms with Gasteiger partial charge in [-0.3, -0.25) is 14.3 Å². The van der Waals surface area contributed by atoms with Crippen LogP contribution in [0.25, 0.3) is 11.1 Å². The Labute approximate surface area is 179 Å². The average molecular weight is 447 g/mol. The lowest BCUT2D eigenvalue weighted by molar-refractivity contribution is -0.140. The number of likely N-dealkylation sites (N-methyl/N-ethyl adjacent to an activating group) is 1. The Kier molecular flexibility index (Phi) is 5.33. The first-order valence-electron chi connectivity index (χ1n) is 9.66. The molecule has 3 aromatic rings. The number of anilines is 1. The molecule has 0 aliphatic carbocycles. The molecule has 1 amide bonds. The second-order valence-electron chi connectivity index (χ2n) is 7.32. The molecule has 10 heteroatoms. The summed E-state index contributed by atoms with van der Waals surface area (Å²) in [4.78, 5) is 25.9. The summed E-state index contributed by atoms with van der Waals surface area (Å²) >= 11 is 0. The predicted octanol–water partition coefficient (Wildman–Crippen LogP) is 3.67. The molecule has 1 unspecified atom stereocenters. The summed E-state index contributed by atoms with van der Waals surface area (Å²) in [5, 5.41) is 14.1. The number of aromatic nitrogens is 2. The minimum atomic E-state index is -4.77. The van der Waals surface area contributed by atoms with Gasteiger partial charge in [-0.2, -0.15) is 18.3 Å². The van der Waals surface area contributed by atoms with Gasteiger partial charge in [-0.25, -0.2) is 4.39 Å². The Morgan fingerprint density at radius 3 is 2.50 bits per heavy atom. The van der Waals surface area contributed by atoms with Gasteiger partial charge in [0.1, 0.15) is 5.82 Å². The number of benzene rings is 2. The Hall–Kier alpha value is -3.53. The zero-order chi connectivity index (χ0) is 23.2. The molecule has 1 aliphatic rings. The number of hydrogen-bond acceptors (Lipinski definition) is 4. The van der Waals surface area contributed by atoms with Crippen molar-refractivity contribution in [3.8, 4) is 11.1 Å². The molecule has 4 rings (SSSR count). The molecular weight excluding hydrogens is 430 g/mol. The van der Waals surface area contributed by atoms with Gasteiger partial charge >= 0.3 is 6.18 Å². The van der Waals surface area contributed by atoms with Crippen LogP contribution in [-0.4, -0.2) is 39.2 Å². The van der Waals surface area contributed by atoms with Gasteiger partial charge in [-0.05, 0) is 42.3 Å². The average Bonchev–Trinajstić information content (AvgIpc) is 3.20. The highest BCUT2D eigenvalue weighted by Gasteiger charge is 2.37. The summed E-state index contributed by atoms with van der Waals surface area (Å²) in [6.07, 6.45) is -3.43. The summed E-state index contributed by atoms with van der Waals surface area (Å²) in [5.41, 5.74) is 0.772. The van der Waals surface area contributed by atoms with Crippen molar-refractivity contribution in [2.45, 2.75) is 25.7 Å². The first-order valence-corrected chi connectivity index (χ1v) is 9.66. The van der Waals surface area contributed by atoms with Gasteiger partial charge in [-0.15, -0.1) is 0 Å². The predicted molar refractivity (Wildman–Crippen MR) is 107 cm³/mol. The number of rotatable bonds is 4. The number of carbonyl (C=O) groups excluding carboxylic acids is 2. The van der Waals surface area contributed by atoms with E-state index in [1.807, 2.05) is 0 Å². The summed E-state index contributed by atoms with van der Waals surface area (Å²) < 4.78 is 53.4. The number of carbonyl (C=O) groups is 2. The summed E-state index contributed by atoms with van der Waals surface area (Å²) in [6, 6.07) is 7.55. The van der Waals surface area contributed by atoms with Crippen LogP contribution in [0.2, 0.25) is 0 Å². The lowest BCUT2D eigenvalue weighted by atomic mass is 9.94. The van der Waals surface area contributed by atoms with Gasteiger partial charge in [0.05, 0.1) is 24.0 Å². The molecule has 0 bridgehead atoms. The molecule has 6 nitrogen and oxygen atoms in total. The largest absolute Gasteiger partial charge is 0.419 e. The van der Waals surface area contributed by atoms with Crippen LogP contribution >= 0.6 is 0 Å². The number of Topliss-reactive ketones (excluding diaryl/α,β-unsaturated/α-hetero) is 1. The van der Waals surface area contributed by atoms with Crippen molar-refractivity contribution < 1.29 is 32.3 Å². The fourth-order valence-corrected chi connectivity index (χ4v) is 3.67. The highest BCUT2D eigenvalue weighted by Crippen LogP contribution is 2.33. The van der Waals surface area contributed by atoms with Gasteiger partial charge in [-0.1, -0.05) is 12.1 Å². The van der Waals surface area contributed by atoms with Gasteiger partial charge in [0.15, 0.2) is 6.10 Å². The normalized spacial score (nSPS) is 16.4. The molecule has 0 fully saturated rings. The molecule has 1 N–H and O–H groups in total. The molecule has 1 aliphatic heterocycles. The lowest BCUT2D eigenvalue weighted by Gasteiger charge is -2.30. The number of amides is 1. The molecule has 1 atom stereocenters. The molecule has 0 radical (unpaired) electrons. The number of nitrogens with zero attached hydrogens (tertiary/aromatic N) is 3. The van der Waals surface area contributed by atoms with Crippen molar-refractivity contribution in [2.24, 2.45) is 0 Å². The Morgan fingerprint density at radius 2 is 1.84 bits per heavy atom. The third kappa shape index (κ3) is 3.77. The Morgan fingerprint density at radius 1 is 1.09 bits per heavy atom. The van der Waals surface area contributed by atoms with E-state index in [0.29, 0.717) is 28.4 Å². The number of hydrogen-bond donors (Lipinski definition) is 1. The molecule has 32 heavy (non-hydrogen) atoms. The van der Waals surface area contributed by atoms with E-state index in [4.69, 9.17) is 0 Å². The van der Waals surface area contributed by atoms with E-state index in [1.54, 1.807) is 31.3 Å². The van der Waals surface area contributed by atoms with Crippen LogP contribution in [0, 0.1) is 5.82 Å². The highest BCUT2D eigenvalue weighted by atomic mass is 19.4. The van der Waals surface area contributed by atoms with Crippen LogP contribution < -0.4 is 4.90 Å². The molecule has 1 aromatic heterocycles. The van der Waals surface area contributed by atoms with E-state index in [2.05, 4.69) is 5.10 Å². The molecule has 166 valence electrons. The van der Waals surface area contributed by atoms with Gasteiger partial charge < -0.3 is 10.0 Å².